The summed E-state index contributed by atoms with van der Waals surface area (Å²) in [7, 11) is 0. The van der Waals surface area contributed by atoms with Crippen LogP contribution in [0.2, 0.25) is 0 Å². The SMILES string of the molecule is CCc1cccc(CC)c1NC(=O)[C@H](Sc1ccccc1)c1ccccc1. The standard InChI is InChI=1S/C24H25NOS/c1-3-18-14-11-15-19(4-2)22(18)25-24(26)23(20-12-7-5-8-13-20)27-21-16-9-6-10-17-21/h5-17,23H,3-4H2,1-2H3,(H,25,26)/t23-/m1/s1. The second-order valence-electron chi connectivity index (χ2n) is 6.37. The van der Waals surface area contributed by atoms with Crippen molar-refractivity contribution >= 4 is 23.4 Å². The number of aryl methyl sites for hydroxylation is 2. The molecule has 0 fully saturated rings. The van der Waals surface area contributed by atoms with Crippen molar-refractivity contribution in [3.8, 4) is 0 Å². The van der Waals surface area contributed by atoms with Crippen LogP contribution < -0.4 is 5.32 Å². The van der Waals surface area contributed by atoms with E-state index >= 15 is 0 Å². The summed E-state index contributed by atoms with van der Waals surface area (Å²) in [6.45, 7) is 4.25. The fourth-order valence-electron chi connectivity index (χ4n) is 3.13. The Balaban J connectivity index is 1.92. The highest BCUT2D eigenvalue weighted by Crippen LogP contribution is 2.36. The van der Waals surface area contributed by atoms with Crippen LogP contribution >= 0.6 is 11.8 Å². The zero-order valence-electron chi connectivity index (χ0n) is 15.8. The third-order valence-corrected chi connectivity index (χ3v) is 5.85. The van der Waals surface area contributed by atoms with Gasteiger partial charge in [0.25, 0.3) is 0 Å². The van der Waals surface area contributed by atoms with Crippen LogP contribution in [-0.4, -0.2) is 5.91 Å². The highest BCUT2D eigenvalue weighted by atomic mass is 32.2. The van der Waals surface area contributed by atoms with Gasteiger partial charge in [0.15, 0.2) is 0 Å². The molecule has 0 heterocycles. The Morgan fingerprint density at radius 2 is 1.37 bits per heavy atom. The van der Waals surface area contributed by atoms with E-state index in [4.69, 9.17) is 0 Å². The second kappa shape index (κ2) is 9.43. The summed E-state index contributed by atoms with van der Waals surface area (Å²) in [4.78, 5) is 14.4. The lowest BCUT2D eigenvalue weighted by Gasteiger charge is -2.20. The van der Waals surface area contributed by atoms with Gasteiger partial charge in [-0.05, 0) is 41.7 Å². The molecule has 2 nitrogen and oxygen atoms in total. The van der Waals surface area contributed by atoms with Gasteiger partial charge in [-0.1, -0.05) is 80.6 Å². The maximum Gasteiger partial charge on any atom is 0.242 e. The summed E-state index contributed by atoms with van der Waals surface area (Å²) >= 11 is 1.58. The predicted molar refractivity (Wildman–Crippen MR) is 115 cm³/mol. The van der Waals surface area contributed by atoms with Crippen molar-refractivity contribution in [3.63, 3.8) is 0 Å². The van der Waals surface area contributed by atoms with Crippen LogP contribution in [0.4, 0.5) is 5.69 Å². The number of thioether (sulfide) groups is 1. The number of carbonyl (C=O) groups is 1. The largest absolute Gasteiger partial charge is 0.324 e. The molecule has 0 bridgehead atoms. The molecule has 3 aromatic carbocycles. The van der Waals surface area contributed by atoms with Crippen LogP contribution in [0.25, 0.3) is 0 Å². The maximum absolute atomic E-state index is 13.3. The molecule has 1 N–H and O–H groups in total. The van der Waals surface area contributed by atoms with Crippen LogP contribution in [0.3, 0.4) is 0 Å². The Labute approximate surface area is 166 Å². The molecule has 0 radical (unpaired) electrons. The first kappa shape index (κ1) is 19.2. The van der Waals surface area contributed by atoms with E-state index in [9.17, 15) is 4.79 Å². The monoisotopic (exact) mass is 375 g/mol. The summed E-state index contributed by atoms with van der Waals surface area (Å²) < 4.78 is 0. The number of nitrogens with one attached hydrogen (secondary N) is 1. The number of anilines is 1. The molecule has 3 heteroatoms. The summed E-state index contributed by atoms with van der Waals surface area (Å²) in [5.41, 5.74) is 4.34. The Morgan fingerprint density at radius 3 is 1.93 bits per heavy atom. The predicted octanol–water partition coefficient (Wildman–Crippen LogP) is 6.28. The smallest absolute Gasteiger partial charge is 0.242 e. The second-order valence-corrected chi connectivity index (χ2v) is 7.55. The first-order chi connectivity index (χ1) is 13.2. The molecule has 3 rings (SSSR count). The highest BCUT2D eigenvalue weighted by Gasteiger charge is 2.23. The van der Waals surface area contributed by atoms with Crippen molar-refractivity contribution < 1.29 is 4.79 Å². The first-order valence-corrected chi connectivity index (χ1v) is 10.3. The highest BCUT2D eigenvalue weighted by molar-refractivity contribution is 8.00. The lowest BCUT2D eigenvalue weighted by molar-refractivity contribution is -0.115. The van der Waals surface area contributed by atoms with Crippen LogP contribution in [0.15, 0.2) is 83.8 Å². The Hall–Kier alpha value is -2.52. The Morgan fingerprint density at radius 1 is 0.815 bits per heavy atom. The molecule has 0 aliphatic rings. The van der Waals surface area contributed by atoms with E-state index in [1.165, 1.54) is 11.1 Å². The van der Waals surface area contributed by atoms with Crippen molar-refractivity contribution in [1.82, 2.24) is 0 Å². The average molecular weight is 376 g/mol. The molecule has 138 valence electrons. The van der Waals surface area contributed by atoms with Gasteiger partial charge in [-0.2, -0.15) is 0 Å². The molecule has 27 heavy (non-hydrogen) atoms. The molecule has 1 atom stereocenters. The average Bonchev–Trinajstić information content (AvgIpc) is 2.73. The van der Waals surface area contributed by atoms with Crippen LogP contribution in [0, 0.1) is 0 Å². The molecule has 1 amide bonds. The third kappa shape index (κ3) is 4.81. The fraction of sp³-hybridized carbons (Fsp3) is 0.208. The number of hydrogen-bond acceptors (Lipinski definition) is 2. The third-order valence-electron chi connectivity index (χ3n) is 4.58. The number of carbonyl (C=O) groups excluding carboxylic acids is 1. The summed E-state index contributed by atoms with van der Waals surface area (Å²) in [5, 5.41) is 2.94. The molecule has 0 unspecified atom stereocenters. The number of benzene rings is 3. The van der Waals surface area contributed by atoms with Crippen molar-refractivity contribution in [3.05, 3.63) is 95.6 Å². The molecule has 0 aliphatic heterocycles. The topological polar surface area (TPSA) is 29.1 Å². The minimum absolute atomic E-state index is 0.0191. The fourth-order valence-corrected chi connectivity index (χ4v) is 4.17. The summed E-state index contributed by atoms with van der Waals surface area (Å²) in [5.74, 6) is 0.0191. The minimum Gasteiger partial charge on any atom is -0.324 e. The molecule has 0 saturated heterocycles. The van der Waals surface area contributed by atoms with Crippen molar-refractivity contribution in [2.24, 2.45) is 0 Å². The van der Waals surface area contributed by atoms with Gasteiger partial charge >= 0.3 is 0 Å². The molecule has 0 saturated carbocycles. The van der Waals surface area contributed by atoms with Crippen molar-refractivity contribution in [2.75, 3.05) is 5.32 Å². The quantitative estimate of drug-likeness (QED) is 0.492. The van der Waals surface area contributed by atoms with Gasteiger partial charge in [-0.15, -0.1) is 11.8 Å². The molecule has 0 aromatic heterocycles. The summed E-state index contributed by atoms with van der Waals surface area (Å²) in [6, 6.07) is 26.3. The van der Waals surface area contributed by atoms with Gasteiger partial charge in [-0.3, -0.25) is 4.79 Å². The van der Waals surface area contributed by atoms with E-state index in [-0.39, 0.29) is 11.2 Å². The normalized spacial score (nSPS) is 11.8. The number of para-hydroxylation sites is 1. The molecular weight excluding hydrogens is 350 g/mol. The van der Waals surface area contributed by atoms with E-state index in [0.29, 0.717) is 0 Å². The van der Waals surface area contributed by atoms with Crippen molar-refractivity contribution in [1.29, 1.82) is 0 Å². The van der Waals surface area contributed by atoms with Gasteiger partial charge in [0, 0.05) is 10.6 Å². The van der Waals surface area contributed by atoms with Gasteiger partial charge < -0.3 is 5.32 Å². The van der Waals surface area contributed by atoms with E-state index in [2.05, 4.69) is 37.4 Å². The summed E-state index contributed by atoms with van der Waals surface area (Å²) in [6.07, 6.45) is 1.79. The van der Waals surface area contributed by atoms with E-state index in [0.717, 1.165) is 29.0 Å². The first-order valence-electron chi connectivity index (χ1n) is 9.41. The molecule has 0 aliphatic carbocycles. The van der Waals surface area contributed by atoms with E-state index in [1.807, 2.05) is 60.7 Å². The minimum atomic E-state index is -0.303. The van der Waals surface area contributed by atoms with Crippen molar-refractivity contribution in [2.45, 2.75) is 36.8 Å². The van der Waals surface area contributed by atoms with Gasteiger partial charge in [0.1, 0.15) is 5.25 Å². The maximum atomic E-state index is 13.3. The van der Waals surface area contributed by atoms with Gasteiger partial charge in [0.05, 0.1) is 0 Å². The van der Waals surface area contributed by atoms with Crippen LogP contribution in [0.1, 0.15) is 35.8 Å². The van der Waals surface area contributed by atoms with E-state index in [1.54, 1.807) is 11.8 Å². The lowest BCUT2D eigenvalue weighted by atomic mass is 10.0. The number of amides is 1. The van der Waals surface area contributed by atoms with E-state index < -0.39 is 0 Å². The van der Waals surface area contributed by atoms with Crippen LogP contribution in [0.5, 0.6) is 0 Å². The zero-order chi connectivity index (χ0) is 19.1. The Bertz CT molecular complexity index is 855. The number of hydrogen-bond donors (Lipinski definition) is 1. The van der Waals surface area contributed by atoms with Crippen LogP contribution in [-0.2, 0) is 17.6 Å². The molecule has 3 aromatic rings. The van der Waals surface area contributed by atoms with Gasteiger partial charge in [-0.25, -0.2) is 0 Å². The zero-order valence-corrected chi connectivity index (χ0v) is 16.6. The molecule has 0 spiro atoms. The number of rotatable bonds is 7. The Kier molecular flexibility index (Phi) is 6.72. The lowest BCUT2D eigenvalue weighted by Crippen LogP contribution is -2.20. The molecular formula is C24H25NOS. The van der Waals surface area contributed by atoms with Gasteiger partial charge in [0.2, 0.25) is 5.91 Å².